The number of nitrogens with two attached hydrogens (primary N) is 2. The topological polar surface area (TPSA) is 157 Å². The minimum absolute atomic E-state index is 0.156. The van der Waals surface area contributed by atoms with Crippen molar-refractivity contribution in [3.63, 3.8) is 0 Å². The first-order valence-corrected chi connectivity index (χ1v) is 9.17. The lowest BCUT2D eigenvalue weighted by Crippen LogP contribution is -2.25. The molecule has 2 bridgehead atoms. The fourth-order valence-corrected chi connectivity index (χ4v) is 3.45. The van der Waals surface area contributed by atoms with E-state index in [4.69, 9.17) is 25.7 Å². The molecule has 0 saturated heterocycles. The van der Waals surface area contributed by atoms with Crippen molar-refractivity contribution < 1.29 is 38.1 Å². The number of carbonyl (C=O) groups is 4. The van der Waals surface area contributed by atoms with Gasteiger partial charge >= 0.3 is 23.9 Å². The molecule has 32 heavy (non-hydrogen) atoms. The molecule has 0 aromatic heterocycles. The van der Waals surface area contributed by atoms with Crippen molar-refractivity contribution in [3.05, 3.63) is 70.8 Å². The van der Waals surface area contributed by atoms with E-state index in [-0.39, 0.29) is 34.1 Å². The van der Waals surface area contributed by atoms with Gasteiger partial charge in [-0.2, -0.15) is 0 Å². The summed E-state index contributed by atoms with van der Waals surface area (Å²) < 4.78 is 21.0. The maximum Gasteiger partial charge on any atom is 0.353 e. The summed E-state index contributed by atoms with van der Waals surface area (Å²) in [6, 6.07) is 12.3. The van der Waals surface area contributed by atoms with Gasteiger partial charge in [0.15, 0.2) is 11.5 Å². The van der Waals surface area contributed by atoms with Gasteiger partial charge < -0.3 is 30.4 Å². The predicted octanol–water partition coefficient (Wildman–Crippen LogP) is 3.06. The van der Waals surface area contributed by atoms with Crippen LogP contribution in [0, 0.1) is 0 Å². The van der Waals surface area contributed by atoms with Crippen molar-refractivity contribution in [1.82, 2.24) is 0 Å². The van der Waals surface area contributed by atoms with Crippen molar-refractivity contribution in [2.24, 2.45) is 0 Å². The van der Waals surface area contributed by atoms with Crippen LogP contribution in [0.3, 0.4) is 0 Å². The molecule has 3 aromatic rings. The quantitative estimate of drug-likeness (QED) is 0.356. The number of nitrogen functional groups attached to an aromatic ring is 2. The van der Waals surface area contributed by atoms with Gasteiger partial charge in [0.05, 0.1) is 5.56 Å². The minimum atomic E-state index is -1.17. The van der Waals surface area contributed by atoms with Crippen LogP contribution in [0.1, 0.15) is 41.4 Å². The van der Waals surface area contributed by atoms with Gasteiger partial charge in [-0.3, -0.25) is 0 Å². The maximum absolute atomic E-state index is 12.7. The van der Waals surface area contributed by atoms with Crippen molar-refractivity contribution in [3.8, 4) is 23.0 Å². The molecule has 3 aromatic carbocycles. The average molecular weight is 432 g/mol. The molecular weight excluding hydrogens is 420 g/mol. The van der Waals surface area contributed by atoms with E-state index in [1.807, 2.05) is 0 Å². The summed E-state index contributed by atoms with van der Waals surface area (Å²) in [6.07, 6.45) is 0. The van der Waals surface area contributed by atoms with Gasteiger partial charge in [0, 0.05) is 23.5 Å². The predicted molar refractivity (Wildman–Crippen MR) is 108 cm³/mol. The largest absolute Gasteiger partial charge is 0.455 e. The lowest BCUT2D eigenvalue weighted by atomic mass is 9.94. The normalized spacial score (nSPS) is 14.0. The van der Waals surface area contributed by atoms with E-state index in [0.29, 0.717) is 11.4 Å². The highest BCUT2D eigenvalue weighted by atomic mass is 16.6. The molecule has 0 saturated carbocycles. The number of fused-ring (bicyclic) bond motifs is 4. The minimum Gasteiger partial charge on any atom is -0.455 e. The van der Waals surface area contributed by atoms with Crippen LogP contribution in [0.15, 0.2) is 48.5 Å². The van der Waals surface area contributed by atoms with Gasteiger partial charge in [0.25, 0.3) is 0 Å². The number of benzene rings is 3. The summed E-state index contributed by atoms with van der Waals surface area (Å²) >= 11 is 0. The maximum atomic E-state index is 12.7. The van der Waals surface area contributed by atoms with Crippen LogP contribution in [0.5, 0.6) is 23.0 Å². The molecule has 0 amide bonds. The summed E-state index contributed by atoms with van der Waals surface area (Å²) in [4.78, 5) is 50.2. The highest BCUT2D eigenvalue weighted by Gasteiger charge is 2.48. The zero-order valence-corrected chi connectivity index (χ0v) is 16.0. The molecule has 0 fully saturated rings. The lowest BCUT2D eigenvalue weighted by molar-refractivity contribution is 0.0363. The highest BCUT2D eigenvalue weighted by Crippen LogP contribution is 2.48. The molecule has 10 heteroatoms. The first-order chi connectivity index (χ1) is 15.3. The summed E-state index contributed by atoms with van der Waals surface area (Å²) in [5.41, 5.74) is 10.6. The zero-order valence-electron chi connectivity index (χ0n) is 16.0. The van der Waals surface area contributed by atoms with E-state index in [1.165, 1.54) is 24.3 Å². The van der Waals surface area contributed by atoms with Crippen molar-refractivity contribution in [2.75, 3.05) is 11.5 Å². The van der Waals surface area contributed by atoms with Gasteiger partial charge in [-0.1, -0.05) is 12.1 Å². The third-order valence-corrected chi connectivity index (χ3v) is 4.75. The highest BCUT2D eigenvalue weighted by molar-refractivity contribution is 6.26. The number of esters is 4. The first kappa shape index (κ1) is 19.1. The van der Waals surface area contributed by atoms with E-state index in [0.717, 1.165) is 0 Å². The molecule has 0 atom stereocenters. The smallest absolute Gasteiger partial charge is 0.353 e. The van der Waals surface area contributed by atoms with Crippen LogP contribution >= 0.6 is 0 Å². The number of hydrogen-bond donors (Lipinski definition) is 2. The van der Waals surface area contributed by atoms with Crippen LogP contribution in [-0.2, 0) is 9.47 Å². The summed E-state index contributed by atoms with van der Waals surface area (Å²) in [5.74, 6) is -4.83. The molecule has 2 aliphatic rings. The zero-order chi connectivity index (χ0) is 22.6. The summed E-state index contributed by atoms with van der Waals surface area (Å²) in [7, 11) is 0. The second-order valence-corrected chi connectivity index (χ2v) is 6.86. The van der Waals surface area contributed by atoms with Gasteiger partial charge in [0.1, 0.15) is 28.2 Å². The van der Waals surface area contributed by atoms with E-state index in [1.54, 1.807) is 24.3 Å². The number of ether oxygens (including phenoxy) is 4. The Labute approximate surface area is 179 Å². The Morgan fingerprint density at radius 2 is 0.969 bits per heavy atom. The van der Waals surface area contributed by atoms with E-state index < -0.39 is 35.0 Å². The molecular formula is C22H12N2O8. The Hall–Kier alpha value is -4.86. The Bertz CT molecular complexity index is 1380. The number of carbonyl (C=O) groups excluding carboxylic acids is 4. The van der Waals surface area contributed by atoms with Crippen LogP contribution in [0.25, 0.3) is 0 Å². The van der Waals surface area contributed by atoms with Crippen LogP contribution < -0.4 is 20.9 Å². The molecule has 0 spiro atoms. The molecule has 2 heterocycles. The van der Waals surface area contributed by atoms with Crippen molar-refractivity contribution >= 4 is 35.3 Å². The molecule has 2 aliphatic heterocycles. The van der Waals surface area contributed by atoms with E-state index >= 15 is 0 Å². The number of rotatable bonds is 4. The van der Waals surface area contributed by atoms with Crippen molar-refractivity contribution in [2.45, 2.75) is 0 Å². The third-order valence-electron chi connectivity index (χ3n) is 4.75. The molecule has 5 rings (SSSR count). The van der Waals surface area contributed by atoms with Crippen LogP contribution in [0.4, 0.5) is 11.4 Å². The standard InChI is InChI=1S/C22H12N2O8/c23-9-3-1-5-11(7-9)29-17-14-13(19(25)31-20(14)26)15-18(16(17)22(28)32-21(15)27)30-12-6-2-4-10(24)8-12/h1-8H,23-24H2. The Kier molecular flexibility index (Phi) is 4.09. The lowest BCUT2D eigenvalue weighted by Gasteiger charge is -2.23. The van der Waals surface area contributed by atoms with Gasteiger partial charge in [-0.15, -0.1) is 0 Å². The second-order valence-electron chi connectivity index (χ2n) is 6.86. The summed E-state index contributed by atoms with van der Waals surface area (Å²) in [6.45, 7) is 0. The average Bonchev–Trinajstić information content (AvgIpc) is 3.01. The molecule has 0 radical (unpaired) electrons. The fraction of sp³-hybridized carbons (Fsp3) is 0. The SMILES string of the molecule is Nc1cccc(Oc2c3c(Oc4cccc(N)c4)c4c(c2C(=O)OC3=O)C(=O)OC4=O)c1. The van der Waals surface area contributed by atoms with E-state index in [2.05, 4.69) is 4.74 Å². The molecule has 10 nitrogen and oxygen atoms in total. The third kappa shape index (κ3) is 2.89. The Balaban J connectivity index is 1.80. The Morgan fingerprint density at radius 1 is 0.562 bits per heavy atom. The molecule has 158 valence electrons. The van der Waals surface area contributed by atoms with E-state index in [9.17, 15) is 19.2 Å². The van der Waals surface area contributed by atoms with Gasteiger partial charge in [0.2, 0.25) is 0 Å². The summed E-state index contributed by atoms with van der Waals surface area (Å²) in [5, 5.41) is 0. The molecule has 0 aliphatic carbocycles. The second kappa shape index (κ2) is 6.84. The van der Waals surface area contributed by atoms with Crippen molar-refractivity contribution in [1.29, 1.82) is 0 Å². The Morgan fingerprint density at radius 3 is 1.41 bits per heavy atom. The monoisotopic (exact) mass is 432 g/mol. The number of anilines is 2. The molecule has 0 unspecified atom stereocenters. The van der Waals surface area contributed by atoms with Gasteiger partial charge in [-0.25, -0.2) is 19.2 Å². The number of cyclic esters (lactones) is 4. The number of hydrogen-bond acceptors (Lipinski definition) is 10. The first-order valence-electron chi connectivity index (χ1n) is 9.17. The molecule has 4 N–H and O–H groups in total. The van der Waals surface area contributed by atoms with Crippen LogP contribution in [-0.4, -0.2) is 23.9 Å². The van der Waals surface area contributed by atoms with Gasteiger partial charge in [-0.05, 0) is 24.3 Å². The van der Waals surface area contributed by atoms with Crippen LogP contribution in [0.2, 0.25) is 0 Å². The fourth-order valence-electron chi connectivity index (χ4n) is 3.45.